The SMILES string of the molecule is CNC(=O)c1cc(C(=O)NCCC[C@H]2CNCCO2)cc(Cc2cccc(OC)c2)n1. The van der Waals surface area contributed by atoms with Crippen molar-refractivity contribution in [2.75, 3.05) is 40.4 Å². The van der Waals surface area contributed by atoms with Gasteiger partial charge in [-0.25, -0.2) is 4.98 Å². The van der Waals surface area contributed by atoms with Gasteiger partial charge in [-0.15, -0.1) is 0 Å². The Hall–Kier alpha value is -2.97. The van der Waals surface area contributed by atoms with E-state index in [1.54, 1.807) is 20.2 Å². The zero-order valence-corrected chi connectivity index (χ0v) is 18.1. The molecule has 2 amide bonds. The minimum Gasteiger partial charge on any atom is -0.497 e. The van der Waals surface area contributed by atoms with Gasteiger partial charge in [-0.05, 0) is 42.7 Å². The molecule has 31 heavy (non-hydrogen) atoms. The lowest BCUT2D eigenvalue weighted by Gasteiger charge is -2.23. The summed E-state index contributed by atoms with van der Waals surface area (Å²) < 4.78 is 10.9. The summed E-state index contributed by atoms with van der Waals surface area (Å²) in [5.41, 5.74) is 2.26. The highest BCUT2D eigenvalue weighted by Gasteiger charge is 2.16. The van der Waals surface area contributed by atoms with Gasteiger partial charge in [-0.3, -0.25) is 9.59 Å². The van der Waals surface area contributed by atoms with Gasteiger partial charge in [0, 0.05) is 44.4 Å². The molecular weight excluding hydrogens is 396 g/mol. The molecule has 166 valence electrons. The third kappa shape index (κ3) is 6.77. The summed E-state index contributed by atoms with van der Waals surface area (Å²) in [6.07, 6.45) is 2.38. The van der Waals surface area contributed by atoms with Gasteiger partial charge in [0.1, 0.15) is 11.4 Å². The minimum atomic E-state index is -0.330. The van der Waals surface area contributed by atoms with E-state index < -0.39 is 0 Å². The van der Waals surface area contributed by atoms with Crippen LogP contribution in [0.5, 0.6) is 5.75 Å². The zero-order chi connectivity index (χ0) is 22.1. The number of ether oxygens (including phenoxy) is 2. The van der Waals surface area contributed by atoms with Crippen LogP contribution in [-0.2, 0) is 11.2 Å². The summed E-state index contributed by atoms with van der Waals surface area (Å²) in [4.78, 5) is 29.4. The van der Waals surface area contributed by atoms with Crippen LogP contribution >= 0.6 is 0 Å². The molecule has 1 aliphatic rings. The van der Waals surface area contributed by atoms with Crippen LogP contribution in [0.1, 0.15) is 44.9 Å². The number of morpholine rings is 1. The fraction of sp³-hybridized carbons (Fsp3) is 0.435. The summed E-state index contributed by atoms with van der Waals surface area (Å²) in [7, 11) is 3.16. The Labute approximate surface area is 182 Å². The zero-order valence-electron chi connectivity index (χ0n) is 18.1. The maximum Gasteiger partial charge on any atom is 0.269 e. The Kier molecular flexibility index (Phi) is 8.37. The van der Waals surface area contributed by atoms with Crippen LogP contribution in [0.4, 0.5) is 0 Å². The number of amides is 2. The Morgan fingerprint density at radius 3 is 2.87 bits per heavy atom. The van der Waals surface area contributed by atoms with E-state index in [9.17, 15) is 9.59 Å². The first-order valence-corrected chi connectivity index (χ1v) is 10.6. The third-order valence-electron chi connectivity index (χ3n) is 5.11. The van der Waals surface area contributed by atoms with E-state index in [2.05, 4.69) is 20.9 Å². The molecule has 0 aliphatic carbocycles. The first-order chi connectivity index (χ1) is 15.1. The summed E-state index contributed by atoms with van der Waals surface area (Å²) >= 11 is 0. The lowest BCUT2D eigenvalue weighted by molar-refractivity contribution is 0.0225. The van der Waals surface area contributed by atoms with Gasteiger partial charge in [-0.2, -0.15) is 0 Å². The van der Waals surface area contributed by atoms with Crippen LogP contribution in [0.25, 0.3) is 0 Å². The van der Waals surface area contributed by atoms with Crippen LogP contribution in [0.2, 0.25) is 0 Å². The molecule has 0 unspecified atom stereocenters. The highest BCUT2D eigenvalue weighted by atomic mass is 16.5. The molecule has 3 rings (SSSR count). The lowest BCUT2D eigenvalue weighted by Crippen LogP contribution is -2.38. The van der Waals surface area contributed by atoms with Gasteiger partial charge >= 0.3 is 0 Å². The van der Waals surface area contributed by atoms with Crippen LogP contribution in [0.3, 0.4) is 0 Å². The second-order valence-corrected chi connectivity index (χ2v) is 7.43. The molecule has 0 spiro atoms. The molecule has 1 aliphatic heterocycles. The molecule has 2 aromatic rings. The van der Waals surface area contributed by atoms with Crippen LogP contribution in [-0.4, -0.2) is 63.3 Å². The number of aromatic nitrogens is 1. The second-order valence-electron chi connectivity index (χ2n) is 7.43. The normalized spacial score (nSPS) is 15.9. The largest absolute Gasteiger partial charge is 0.497 e. The van der Waals surface area contributed by atoms with Gasteiger partial charge in [0.2, 0.25) is 0 Å². The van der Waals surface area contributed by atoms with Crippen LogP contribution in [0.15, 0.2) is 36.4 Å². The topological polar surface area (TPSA) is 102 Å². The maximum absolute atomic E-state index is 12.7. The molecule has 1 fully saturated rings. The maximum atomic E-state index is 12.7. The molecule has 0 radical (unpaired) electrons. The Balaban J connectivity index is 1.66. The van der Waals surface area contributed by atoms with E-state index in [-0.39, 0.29) is 23.6 Å². The molecule has 1 aromatic heterocycles. The van der Waals surface area contributed by atoms with Crippen molar-refractivity contribution in [3.8, 4) is 5.75 Å². The molecule has 2 heterocycles. The molecule has 0 bridgehead atoms. The van der Waals surface area contributed by atoms with Crippen molar-refractivity contribution in [3.63, 3.8) is 0 Å². The lowest BCUT2D eigenvalue weighted by atomic mass is 10.1. The number of nitrogens with one attached hydrogen (secondary N) is 3. The molecule has 3 N–H and O–H groups in total. The monoisotopic (exact) mass is 426 g/mol. The van der Waals surface area contributed by atoms with Crippen LogP contribution < -0.4 is 20.7 Å². The number of methoxy groups -OCH3 is 1. The van der Waals surface area contributed by atoms with Gasteiger partial charge in [0.05, 0.1) is 19.8 Å². The molecular formula is C23H30N4O4. The third-order valence-corrected chi connectivity index (χ3v) is 5.11. The first kappa shape index (κ1) is 22.7. The number of rotatable bonds is 9. The Bertz CT molecular complexity index is 897. The second kappa shape index (κ2) is 11.4. The van der Waals surface area contributed by atoms with Gasteiger partial charge in [-0.1, -0.05) is 12.1 Å². The number of pyridine rings is 1. The van der Waals surface area contributed by atoms with Crippen molar-refractivity contribution >= 4 is 11.8 Å². The highest BCUT2D eigenvalue weighted by molar-refractivity contribution is 5.98. The summed E-state index contributed by atoms with van der Waals surface area (Å²) in [6.45, 7) is 3.01. The number of hydrogen-bond acceptors (Lipinski definition) is 6. The van der Waals surface area contributed by atoms with Crippen LogP contribution in [0, 0.1) is 0 Å². The number of carbonyl (C=O) groups excluding carboxylic acids is 2. The number of nitrogens with zero attached hydrogens (tertiary/aromatic N) is 1. The molecule has 1 aromatic carbocycles. The van der Waals surface area contributed by atoms with E-state index in [1.807, 2.05) is 24.3 Å². The minimum absolute atomic E-state index is 0.195. The summed E-state index contributed by atoms with van der Waals surface area (Å²) in [6, 6.07) is 10.9. The van der Waals surface area contributed by atoms with E-state index in [0.717, 1.165) is 43.9 Å². The molecule has 8 heteroatoms. The molecule has 1 atom stereocenters. The summed E-state index contributed by atoms with van der Waals surface area (Å²) in [5.74, 6) is 0.195. The van der Waals surface area contributed by atoms with E-state index >= 15 is 0 Å². The summed E-state index contributed by atoms with van der Waals surface area (Å²) in [5, 5.41) is 8.81. The fourth-order valence-electron chi connectivity index (χ4n) is 3.48. The molecule has 1 saturated heterocycles. The molecule has 0 saturated carbocycles. The average molecular weight is 427 g/mol. The van der Waals surface area contributed by atoms with Crippen molar-refractivity contribution in [3.05, 3.63) is 58.9 Å². The standard InChI is InChI=1S/C23H30N4O4/c1-24-23(29)21-14-17(22(28)26-8-4-7-20-15-25-9-10-31-20)13-18(27-21)11-16-5-3-6-19(12-16)30-2/h3,5-6,12-14,20,25H,4,7-11,15H2,1-2H3,(H,24,29)(H,26,28)/t20-/m0/s1. The van der Waals surface area contributed by atoms with Crippen molar-refractivity contribution in [2.24, 2.45) is 0 Å². The highest BCUT2D eigenvalue weighted by Crippen LogP contribution is 2.17. The average Bonchev–Trinajstić information content (AvgIpc) is 2.81. The quantitative estimate of drug-likeness (QED) is 0.526. The number of benzene rings is 1. The van der Waals surface area contributed by atoms with Gasteiger partial charge in [0.25, 0.3) is 11.8 Å². The Morgan fingerprint density at radius 2 is 2.13 bits per heavy atom. The number of hydrogen-bond donors (Lipinski definition) is 3. The van der Waals surface area contributed by atoms with Crippen molar-refractivity contribution in [2.45, 2.75) is 25.4 Å². The predicted octanol–water partition coefficient (Wildman–Crippen LogP) is 1.54. The first-order valence-electron chi connectivity index (χ1n) is 10.6. The van der Waals surface area contributed by atoms with Crippen molar-refractivity contribution in [1.29, 1.82) is 0 Å². The predicted molar refractivity (Wildman–Crippen MR) is 118 cm³/mol. The van der Waals surface area contributed by atoms with Gasteiger partial charge in [0.15, 0.2) is 0 Å². The smallest absolute Gasteiger partial charge is 0.269 e. The van der Waals surface area contributed by atoms with Gasteiger partial charge < -0.3 is 25.4 Å². The van der Waals surface area contributed by atoms with Crippen molar-refractivity contribution < 1.29 is 19.1 Å². The molecule has 8 nitrogen and oxygen atoms in total. The van der Waals surface area contributed by atoms with E-state index in [4.69, 9.17) is 9.47 Å². The number of carbonyl (C=O) groups is 2. The van der Waals surface area contributed by atoms with Crippen molar-refractivity contribution in [1.82, 2.24) is 20.9 Å². The fourth-order valence-corrected chi connectivity index (χ4v) is 3.48. The Morgan fingerprint density at radius 1 is 1.26 bits per heavy atom. The van der Waals surface area contributed by atoms with E-state index in [1.165, 1.54) is 6.07 Å². The van der Waals surface area contributed by atoms with E-state index in [0.29, 0.717) is 24.2 Å².